The second kappa shape index (κ2) is 5.23. The number of amides is 2. The standard InChI is InChI=1S/C13H13N5O3/c19-11-4-3-9(17-18-11)12(20)14-6-7-1-2-8-10(5-7)16-13(21)15-8/h1-2,5H,3-4,6H2,(H,14,20)(H,18,19)(H2,15,16,21). The maximum Gasteiger partial charge on any atom is 0.323 e. The average molecular weight is 287 g/mol. The molecule has 108 valence electrons. The summed E-state index contributed by atoms with van der Waals surface area (Å²) in [4.78, 5) is 39.3. The Morgan fingerprint density at radius 2 is 2.00 bits per heavy atom. The minimum atomic E-state index is -0.308. The summed E-state index contributed by atoms with van der Waals surface area (Å²) in [5.74, 6) is -0.494. The van der Waals surface area contributed by atoms with E-state index in [1.165, 1.54) is 0 Å². The lowest BCUT2D eigenvalue weighted by molar-refractivity contribution is -0.121. The van der Waals surface area contributed by atoms with Gasteiger partial charge in [-0.05, 0) is 17.7 Å². The molecule has 0 saturated carbocycles. The monoisotopic (exact) mass is 287 g/mol. The first-order valence-corrected chi connectivity index (χ1v) is 6.46. The Morgan fingerprint density at radius 3 is 2.76 bits per heavy atom. The van der Waals surface area contributed by atoms with Crippen LogP contribution in [0.3, 0.4) is 0 Å². The van der Waals surface area contributed by atoms with Crippen molar-refractivity contribution in [3.8, 4) is 0 Å². The van der Waals surface area contributed by atoms with Crippen LogP contribution in [-0.4, -0.2) is 27.5 Å². The molecule has 1 aliphatic heterocycles. The molecule has 0 fully saturated rings. The minimum Gasteiger partial charge on any atom is -0.347 e. The molecule has 8 nitrogen and oxygen atoms in total. The van der Waals surface area contributed by atoms with Gasteiger partial charge in [0.25, 0.3) is 5.91 Å². The third-order valence-electron chi connectivity index (χ3n) is 3.20. The number of hydrogen-bond donors (Lipinski definition) is 4. The summed E-state index contributed by atoms with van der Waals surface area (Å²) in [6, 6.07) is 5.38. The van der Waals surface area contributed by atoms with Gasteiger partial charge in [-0.2, -0.15) is 5.10 Å². The number of aromatic nitrogens is 2. The molecular formula is C13H13N5O3. The molecule has 8 heteroatoms. The van der Waals surface area contributed by atoms with Gasteiger partial charge >= 0.3 is 5.69 Å². The van der Waals surface area contributed by atoms with Crippen LogP contribution in [0.2, 0.25) is 0 Å². The van der Waals surface area contributed by atoms with Crippen LogP contribution in [0.15, 0.2) is 28.1 Å². The summed E-state index contributed by atoms with van der Waals surface area (Å²) < 4.78 is 0. The third-order valence-corrected chi connectivity index (χ3v) is 3.20. The lowest BCUT2D eigenvalue weighted by atomic mass is 10.1. The topological polar surface area (TPSA) is 119 Å². The molecule has 1 aromatic carbocycles. The molecule has 2 amide bonds. The van der Waals surface area contributed by atoms with Gasteiger partial charge in [-0.25, -0.2) is 10.2 Å². The minimum absolute atomic E-state index is 0.187. The fraction of sp³-hybridized carbons (Fsp3) is 0.231. The van der Waals surface area contributed by atoms with Crippen molar-refractivity contribution in [2.75, 3.05) is 0 Å². The van der Waals surface area contributed by atoms with Gasteiger partial charge in [0, 0.05) is 19.4 Å². The highest BCUT2D eigenvalue weighted by Crippen LogP contribution is 2.10. The van der Waals surface area contributed by atoms with Crippen LogP contribution in [0, 0.1) is 0 Å². The fourth-order valence-corrected chi connectivity index (χ4v) is 2.11. The first-order valence-electron chi connectivity index (χ1n) is 6.46. The second-order valence-corrected chi connectivity index (χ2v) is 4.74. The number of hydrazone groups is 1. The van der Waals surface area contributed by atoms with Crippen molar-refractivity contribution in [1.29, 1.82) is 0 Å². The first-order chi connectivity index (χ1) is 10.1. The molecule has 0 aliphatic carbocycles. The Morgan fingerprint density at radius 1 is 1.19 bits per heavy atom. The largest absolute Gasteiger partial charge is 0.347 e. The van der Waals surface area contributed by atoms with Crippen LogP contribution in [0.1, 0.15) is 18.4 Å². The van der Waals surface area contributed by atoms with Gasteiger partial charge in [-0.1, -0.05) is 6.07 Å². The zero-order valence-corrected chi connectivity index (χ0v) is 11.0. The van der Waals surface area contributed by atoms with Crippen LogP contribution >= 0.6 is 0 Å². The summed E-state index contributed by atoms with van der Waals surface area (Å²) in [5.41, 5.74) is 4.59. The van der Waals surface area contributed by atoms with Crippen LogP contribution in [0.25, 0.3) is 11.0 Å². The van der Waals surface area contributed by atoms with Gasteiger partial charge in [0.2, 0.25) is 5.91 Å². The van der Waals surface area contributed by atoms with E-state index >= 15 is 0 Å². The van der Waals surface area contributed by atoms with E-state index in [0.29, 0.717) is 24.2 Å². The summed E-state index contributed by atoms with van der Waals surface area (Å²) in [7, 11) is 0. The van der Waals surface area contributed by atoms with E-state index in [9.17, 15) is 14.4 Å². The summed E-state index contributed by atoms with van der Waals surface area (Å²) in [6.45, 7) is 0.314. The summed E-state index contributed by atoms with van der Waals surface area (Å²) >= 11 is 0. The maximum absolute atomic E-state index is 11.9. The highest BCUT2D eigenvalue weighted by molar-refractivity contribution is 6.39. The number of nitrogens with zero attached hydrogens (tertiary/aromatic N) is 1. The van der Waals surface area contributed by atoms with Crippen LogP contribution in [0.4, 0.5) is 0 Å². The van der Waals surface area contributed by atoms with E-state index in [1.807, 2.05) is 6.07 Å². The number of benzene rings is 1. The lowest BCUT2D eigenvalue weighted by Crippen LogP contribution is -2.36. The Hall–Kier alpha value is -2.90. The zero-order chi connectivity index (χ0) is 14.8. The van der Waals surface area contributed by atoms with Gasteiger partial charge in [-0.15, -0.1) is 0 Å². The first kappa shape index (κ1) is 13.1. The number of hydrogen-bond acceptors (Lipinski definition) is 4. The number of imidazole rings is 1. The number of carbonyl (C=O) groups is 2. The second-order valence-electron chi connectivity index (χ2n) is 4.74. The summed E-state index contributed by atoms with van der Waals surface area (Å²) in [6.07, 6.45) is 0.602. The van der Waals surface area contributed by atoms with E-state index in [4.69, 9.17) is 0 Å². The molecule has 3 rings (SSSR count). The molecule has 0 spiro atoms. The van der Waals surface area contributed by atoms with E-state index in [-0.39, 0.29) is 23.9 Å². The molecular weight excluding hydrogens is 274 g/mol. The fourth-order valence-electron chi connectivity index (χ4n) is 2.11. The van der Waals surface area contributed by atoms with Crippen molar-refractivity contribution in [2.45, 2.75) is 19.4 Å². The number of fused-ring (bicyclic) bond motifs is 1. The number of carbonyl (C=O) groups excluding carboxylic acids is 2. The van der Waals surface area contributed by atoms with Crippen molar-refractivity contribution in [1.82, 2.24) is 20.7 Å². The van der Waals surface area contributed by atoms with Crippen LogP contribution in [0.5, 0.6) is 0 Å². The summed E-state index contributed by atoms with van der Waals surface area (Å²) in [5, 5.41) is 6.46. The van der Waals surface area contributed by atoms with Crippen LogP contribution < -0.4 is 16.4 Å². The maximum atomic E-state index is 11.9. The lowest BCUT2D eigenvalue weighted by Gasteiger charge is -2.12. The molecule has 4 N–H and O–H groups in total. The smallest absolute Gasteiger partial charge is 0.323 e. The van der Waals surface area contributed by atoms with Gasteiger partial charge in [0.1, 0.15) is 5.71 Å². The van der Waals surface area contributed by atoms with E-state index in [0.717, 1.165) is 11.1 Å². The normalized spacial score (nSPS) is 14.7. The highest BCUT2D eigenvalue weighted by Gasteiger charge is 2.17. The molecule has 0 atom stereocenters. The molecule has 2 heterocycles. The van der Waals surface area contributed by atoms with Crippen molar-refractivity contribution in [3.63, 3.8) is 0 Å². The number of aromatic amines is 2. The third kappa shape index (κ3) is 2.83. The Balaban J connectivity index is 1.67. The SMILES string of the molecule is O=C1CCC(C(=O)NCc2ccc3[nH]c(=O)[nH]c3c2)=NN1. The Bertz CT molecular complexity index is 801. The molecule has 0 bridgehead atoms. The van der Waals surface area contributed by atoms with Crippen molar-refractivity contribution in [2.24, 2.45) is 5.10 Å². The van der Waals surface area contributed by atoms with E-state index < -0.39 is 0 Å². The number of rotatable bonds is 3. The van der Waals surface area contributed by atoms with Gasteiger partial charge in [0.15, 0.2) is 0 Å². The zero-order valence-electron chi connectivity index (χ0n) is 11.0. The number of H-pyrrole nitrogens is 2. The predicted molar refractivity (Wildman–Crippen MR) is 75.6 cm³/mol. The van der Waals surface area contributed by atoms with Gasteiger partial charge < -0.3 is 15.3 Å². The quantitative estimate of drug-likeness (QED) is 0.622. The molecule has 1 aliphatic rings. The molecule has 21 heavy (non-hydrogen) atoms. The van der Waals surface area contributed by atoms with Gasteiger partial charge in [-0.3, -0.25) is 9.59 Å². The van der Waals surface area contributed by atoms with Crippen molar-refractivity contribution >= 4 is 28.6 Å². The van der Waals surface area contributed by atoms with Crippen LogP contribution in [-0.2, 0) is 16.1 Å². The van der Waals surface area contributed by atoms with Crippen molar-refractivity contribution < 1.29 is 9.59 Å². The molecule has 0 unspecified atom stereocenters. The van der Waals surface area contributed by atoms with E-state index in [2.05, 4.69) is 25.8 Å². The Labute approximate surface area is 118 Å². The van der Waals surface area contributed by atoms with Gasteiger partial charge in [0.05, 0.1) is 11.0 Å². The van der Waals surface area contributed by atoms with E-state index in [1.54, 1.807) is 12.1 Å². The number of nitrogens with one attached hydrogen (secondary N) is 4. The Kier molecular flexibility index (Phi) is 3.27. The molecule has 1 aromatic heterocycles. The molecule has 0 radical (unpaired) electrons. The molecule has 2 aromatic rings. The average Bonchev–Trinajstić information content (AvgIpc) is 2.84. The highest BCUT2D eigenvalue weighted by atomic mass is 16.2. The molecule has 0 saturated heterocycles. The predicted octanol–water partition coefficient (Wildman–Crippen LogP) is -0.262. The van der Waals surface area contributed by atoms with Crippen molar-refractivity contribution in [3.05, 3.63) is 34.2 Å².